The molecule has 1 atom stereocenters. The number of nitrogens with zero attached hydrogens (tertiary/aromatic N) is 3. The molecule has 0 aliphatic heterocycles. The number of rotatable bonds is 4. The Labute approximate surface area is 126 Å². The predicted molar refractivity (Wildman–Crippen MR) is 79.1 cm³/mol. The van der Waals surface area contributed by atoms with E-state index in [9.17, 15) is 10.1 Å². The standard InChI is InChI=1S/C14H11ClN4O2/c1-9(11-2-4-12(15)5-3-11)18-14-13(19(20)21)6-10(7-16)8-17-14/h2-6,8-9H,1H3,(H,17,18). The number of anilines is 1. The Hall–Kier alpha value is -2.65. The van der Waals surface area contributed by atoms with Crippen LogP contribution in [-0.4, -0.2) is 9.91 Å². The van der Waals surface area contributed by atoms with E-state index < -0.39 is 4.92 Å². The molecule has 0 saturated heterocycles. The maximum atomic E-state index is 11.1. The average molecular weight is 303 g/mol. The maximum absolute atomic E-state index is 11.1. The maximum Gasteiger partial charge on any atom is 0.312 e. The van der Waals surface area contributed by atoms with E-state index in [1.165, 1.54) is 12.3 Å². The zero-order chi connectivity index (χ0) is 15.4. The summed E-state index contributed by atoms with van der Waals surface area (Å²) >= 11 is 5.82. The summed E-state index contributed by atoms with van der Waals surface area (Å²) in [6.07, 6.45) is 1.30. The number of aromatic nitrogens is 1. The molecule has 0 fully saturated rings. The van der Waals surface area contributed by atoms with E-state index in [-0.39, 0.29) is 23.1 Å². The Bertz CT molecular complexity index is 710. The summed E-state index contributed by atoms with van der Waals surface area (Å²) in [7, 11) is 0. The third-order valence-corrected chi connectivity index (χ3v) is 3.17. The summed E-state index contributed by atoms with van der Waals surface area (Å²) in [4.78, 5) is 14.4. The van der Waals surface area contributed by atoms with Crippen LogP contribution < -0.4 is 5.32 Å². The van der Waals surface area contributed by atoms with Gasteiger partial charge in [0.25, 0.3) is 0 Å². The van der Waals surface area contributed by atoms with Gasteiger partial charge in [-0.25, -0.2) is 4.98 Å². The summed E-state index contributed by atoms with van der Waals surface area (Å²) in [5.41, 5.74) is 0.834. The molecule has 1 aromatic carbocycles. The van der Waals surface area contributed by atoms with Gasteiger partial charge in [-0.3, -0.25) is 10.1 Å². The second-order valence-electron chi connectivity index (χ2n) is 4.38. The lowest BCUT2D eigenvalue weighted by atomic mass is 10.1. The van der Waals surface area contributed by atoms with Crippen LogP contribution in [0.2, 0.25) is 5.02 Å². The third kappa shape index (κ3) is 3.46. The monoisotopic (exact) mass is 302 g/mol. The molecule has 1 heterocycles. The van der Waals surface area contributed by atoms with E-state index in [0.717, 1.165) is 5.56 Å². The molecule has 0 aliphatic rings. The Kier molecular flexibility index (Phi) is 4.36. The SMILES string of the molecule is CC(Nc1ncc(C#N)cc1[N+](=O)[O-])c1ccc(Cl)cc1. The van der Waals surface area contributed by atoms with Crippen LogP contribution in [0, 0.1) is 21.4 Å². The van der Waals surface area contributed by atoms with Crippen molar-refractivity contribution < 1.29 is 4.92 Å². The van der Waals surface area contributed by atoms with Crippen LogP contribution in [0.15, 0.2) is 36.5 Å². The molecule has 1 unspecified atom stereocenters. The van der Waals surface area contributed by atoms with E-state index in [0.29, 0.717) is 5.02 Å². The summed E-state index contributed by atoms with van der Waals surface area (Å²) in [5, 5.41) is 23.4. The molecule has 6 nitrogen and oxygen atoms in total. The highest BCUT2D eigenvalue weighted by Crippen LogP contribution is 2.27. The van der Waals surface area contributed by atoms with Crippen LogP contribution in [0.1, 0.15) is 24.1 Å². The van der Waals surface area contributed by atoms with Gasteiger partial charge in [0.15, 0.2) is 0 Å². The van der Waals surface area contributed by atoms with Crippen LogP contribution in [-0.2, 0) is 0 Å². The lowest BCUT2D eigenvalue weighted by Gasteiger charge is -2.15. The molecular formula is C14H11ClN4O2. The van der Waals surface area contributed by atoms with Gasteiger partial charge in [-0.05, 0) is 24.6 Å². The Morgan fingerprint density at radius 2 is 2.10 bits per heavy atom. The second-order valence-corrected chi connectivity index (χ2v) is 4.81. The minimum Gasteiger partial charge on any atom is -0.358 e. The van der Waals surface area contributed by atoms with Gasteiger partial charge in [0, 0.05) is 17.3 Å². The minimum absolute atomic E-state index is 0.126. The van der Waals surface area contributed by atoms with Crippen molar-refractivity contribution in [2.75, 3.05) is 5.32 Å². The van der Waals surface area contributed by atoms with Gasteiger partial charge >= 0.3 is 5.69 Å². The highest BCUT2D eigenvalue weighted by Gasteiger charge is 2.18. The second kappa shape index (κ2) is 6.20. The lowest BCUT2D eigenvalue weighted by Crippen LogP contribution is -2.10. The van der Waals surface area contributed by atoms with Gasteiger partial charge in [0.05, 0.1) is 16.5 Å². The topological polar surface area (TPSA) is 91.8 Å². The van der Waals surface area contributed by atoms with Gasteiger partial charge in [0.2, 0.25) is 5.82 Å². The average Bonchev–Trinajstić information content (AvgIpc) is 2.48. The first-order valence-electron chi connectivity index (χ1n) is 6.08. The highest BCUT2D eigenvalue weighted by molar-refractivity contribution is 6.30. The smallest absolute Gasteiger partial charge is 0.312 e. The fourth-order valence-corrected chi connectivity index (χ4v) is 1.93. The van der Waals surface area contributed by atoms with E-state index in [2.05, 4.69) is 10.3 Å². The molecular weight excluding hydrogens is 292 g/mol. The molecule has 0 radical (unpaired) electrons. The molecule has 0 saturated carbocycles. The molecule has 106 valence electrons. The molecule has 1 N–H and O–H groups in total. The fraction of sp³-hybridized carbons (Fsp3) is 0.143. The zero-order valence-electron chi connectivity index (χ0n) is 11.1. The largest absolute Gasteiger partial charge is 0.358 e. The number of hydrogen-bond acceptors (Lipinski definition) is 5. The summed E-state index contributed by atoms with van der Waals surface area (Å²) in [5.74, 6) is 0.126. The zero-order valence-corrected chi connectivity index (χ0v) is 11.8. The Morgan fingerprint density at radius 3 is 2.67 bits per heavy atom. The van der Waals surface area contributed by atoms with E-state index >= 15 is 0 Å². The quantitative estimate of drug-likeness (QED) is 0.687. The van der Waals surface area contributed by atoms with E-state index in [1.807, 2.05) is 25.1 Å². The van der Waals surface area contributed by atoms with Crippen LogP contribution in [0.25, 0.3) is 0 Å². The fourth-order valence-electron chi connectivity index (χ4n) is 1.80. The van der Waals surface area contributed by atoms with E-state index in [1.54, 1.807) is 12.1 Å². The number of hydrogen-bond donors (Lipinski definition) is 1. The normalized spacial score (nSPS) is 11.5. The van der Waals surface area contributed by atoms with Crippen LogP contribution >= 0.6 is 11.6 Å². The van der Waals surface area contributed by atoms with Crippen molar-refractivity contribution in [3.63, 3.8) is 0 Å². The van der Waals surface area contributed by atoms with Crippen LogP contribution in [0.3, 0.4) is 0 Å². The van der Waals surface area contributed by atoms with Gasteiger partial charge in [0.1, 0.15) is 6.07 Å². The summed E-state index contributed by atoms with van der Waals surface area (Å²) in [6, 6.07) is 9.99. The molecule has 1 aromatic heterocycles. The third-order valence-electron chi connectivity index (χ3n) is 2.92. The predicted octanol–water partition coefficient (Wildman–Crippen LogP) is 3.69. The Balaban J connectivity index is 2.28. The lowest BCUT2D eigenvalue weighted by molar-refractivity contribution is -0.384. The molecule has 0 aliphatic carbocycles. The first kappa shape index (κ1) is 14.8. The number of nitriles is 1. The van der Waals surface area contributed by atoms with Crippen molar-refractivity contribution in [1.29, 1.82) is 5.26 Å². The number of nitrogens with one attached hydrogen (secondary N) is 1. The van der Waals surface area contributed by atoms with E-state index in [4.69, 9.17) is 16.9 Å². The van der Waals surface area contributed by atoms with Crippen LogP contribution in [0.5, 0.6) is 0 Å². The molecule has 0 amide bonds. The number of halogens is 1. The first-order valence-corrected chi connectivity index (χ1v) is 6.45. The molecule has 2 rings (SSSR count). The van der Waals surface area contributed by atoms with Crippen molar-refractivity contribution in [3.8, 4) is 6.07 Å². The van der Waals surface area contributed by atoms with Crippen molar-refractivity contribution in [2.24, 2.45) is 0 Å². The minimum atomic E-state index is -0.565. The first-order chi connectivity index (χ1) is 10.0. The van der Waals surface area contributed by atoms with Gasteiger partial charge in [-0.15, -0.1) is 0 Å². The number of benzene rings is 1. The Morgan fingerprint density at radius 1 is 1.43 bits per heavy atom. The summed E-state index contributed by atoms with van der Waals surface area (Å²) < 4.78 is 0. The molecule has 0 bridgehead atoms. The molecule has 2 aromatic rings. The van der Waals surface area contributed by atoms with Crippen molar-refractivity contribution in [1.82, 2.24) is 4.98 Å². The summed E-state index contributed by atoms with van der Waals surface area (Å²) in [6.45, 7) is 1.85. The molecule has 7 heteroatoms. The van der Waals surface area contributed by atoms with Gasteiger partial charge in [-0.2, -0.15) is 5.26 Å². The highest BCUT2D eigenvalue weighted by atomic mass is 35.5. The van der Waals surface area contributed by atoms with Gasteiger partial charge in [-0.1, -0.05) is 23.7 Å². The van der Waals surface area contributed by atoms with Crippen molar-refractivity contribution in [3.05, 3.63) is 62.8 Å². The van der Waals surface area contributed by atoms with Crippen LogP contribution in [0.4, 0.5) is 11.5 Å². The van der Waals surface area contributed by atoms with Crippen molar-refractivity contribution >= 4 is 23.1 Å². The number of nitro groups is 1. The van der Waals surface area contributed by atoms with Crippen molar-refractivity contribution in [2.45, 2.75) is 13.0 Å². The molecule has 0 spiro atoms. The number of pyridine rings is 1. The van der Waals surface area contributed by atoms with Gasteiger partial charge < -0.3 is 5.32 Å². The molecule has 21 heavy (non-hydrogen) atoms.